The van der Waals surface area contributed by atoms with Crippen molar-refractivity contribution in [1.29, 1.82) is 10.7 Å². The number of ketones is 2. The van der Waals surface area contributed by atoms with Crippen LogP contribution in [0.3, 0.4) is 0 Å². The van der Waals surface area contributed by atoms with Crippen molar-refractivity contribution in [2.75, 3.05) is 0 Å². The maximum atomic E-state index is 11.6. The predicted molar refractivity (Wildman–Crippen MR) is 56.0 cm³/mol. The van der Waals surface area contributed by atoms with Crippen molar-refractivity contribution in [1.82, 2.24) is 0 Å². The summed E-state index contributed by atoms with van der Waals surface area (Å²) in [6.07, 6.45) is -0.393. The minimum atomic E-state index is -0.776. The average molecular weight is 220 g/mol. The number of carbonyl (C=O) groups is 2. The van der Waals surface area contributed by atoms with Gasteiger partial charge in [-0.1, -0.05) is 0 Å². The summed E-state index contributed by atoms with van der Waals surface area (Å²) in [5, 5.41) is 25.7. The Morgan fingerprint density at radius 2 is 2.06 bits per heavy atom. The number of nitrogens with zero attached hydrogens (tertiary/aromatic N) is 1. The Kier molecular flexibility index (Phi) is 3.23. The predicted octanol–water partition coefficient (Wildman–Crippen LogP) is 1.16. The Bertz CT molecular complexity index is 443. The molecule has 1 aliphatic carbocycles. The lowest BCUT2D eigenvalue weighted by Crippen LogP contribution is -2.37. The number of hydrogen-bond donors (Lipinski definition) is 2. The Hall–Kier alpha value is -1.96. The number of carbonyl (C=O) groups excluding carboxylic acids is 2. The fourth-order valence-corrected chi connectivity index (χ4v) is 1.68. The summed E-state index contributed by atoms with van der Waals surface area (Å²) in [5.74, 6) is -2.74. The van der Waals surface area contributed by atoms with Crippen molar-refractivity contribution in [3.05, 3.63) is 11.3 Å². The molecule has 0 aliphatic heterocycles. The van der Waals surface area contributed by atoms with E-state index in [1.807, 2.05) is 0 Å². The molecule has 0 unspecified atom stereocenters. The monoisotopic (exact) mass is 220 g/mol. The first-order chi connectivity index (χ1) is 7.41. The summed E-state index contributed by atoms with van der Waals surface area (Å²) in [7, 11) is 0. The lowest BCUT2D eigenvalue weighted by atomic mass is 9.78. The molecule has 1 rings (SSSR count). The highest BCUT2D eigenvalue weighted by molar-refractivity contribution is 6.29. The zero-order valence-corrected chi connectivity index (χ0v) is 9.07. The van der Waals surface area contributed by atoms with E-state index in [9.17, 15) is 14.7 Å². The molecule has 0 radical (unpaired) electrons. The van der Waals surface area contributed by atoms with Crippen LogP contribution in [0.5, 0.6) is 0 Å². The molecule has 84 valence electrons. The van der Waals surface area contributed by atoms with Crippen LogP contribution in [0.25, 0.3) is 0 Å². The van der Waals surface area contributed by atoms with Gasteiger partial charge in [-0.25, -0.2) is 0 Å². The van der Waals surface area contributed by atoms with Crippen molar-refractivity contribution in [2.24, 2.45) is 11.8 Å². The van der Waals surface area contributed by atoms with Gasteiger partial charge < -0.3 is 10.5 Å². The first-order valence-electron chi connectivity index (χ1n) is 4.87. The minimum Gasteiger partial charge on any atom is -0.511 e. The van der Waals surface area contributed by atoms with Gasteiger partial charge >= 0.3 is 0 Å². The van der Waals surface area contributed by atoms with Crippen LogP contribution in [0.2, 0.25) is 0 Å². The molecular weight excluding hydrogens is 208 g/mol. The van der Waals surface area contributed by atoms with Gasteiger partial charge in [-0.2, -0.15) is 5.26 Å². The van der Waals surface area contributed by atoms with Gasteiger partial charge in [0.15, 0.2) is 11.6 Å². The van der Waals surface area contributed by atoms with Crippen molar-refractivity contribution in [3.8, 4) is 6.07 Å². The van der Waals surface area contributed by atoms with Gasteiger partial charge in [0.25, 0.3) is 0 Å². The van der Waals surface area contributed by atoms with Gasteiger partial charge in [-0.15, -0.1) is 0 Å². The summed E-state index contributed by atoms with van der Waals surface area (Å²) in [6.45, 7) is 3.01. The maximum Gasteiger partial charge on any atom is 0.182 e. The third kappa shape index (κ3) is 1.74. The standard InChI is InChI=1S/C11H12N2O3/c1-5-9(13)8(7(14)3-4-12)11(16)6(2)10(5)15/h5-6,13,16H,3H2,1-2H3/t5-,6-/m0/s1. The second-order valence-electron chi connectivity index (χ2n) is 3.78. The Balaban J connectivity index is 3.24. The highest BCUT2D eigenvalue weighted by Crippen LogP contribution is 2.28. The lowest BCUT2D eigenvalue weighted by Gasteiger charge is -2.25. The van der Waals surface area contributed by atoms with Crippen molar-refractivity contribution < 1.29 is 14.7 Å². The van der Waals surface area contributed by atoms with E-state index in [0.29, 0.717) is 0 Å². The van der Waals surface area contributed by atoms with E-state index in [2.05, 4.69) is 0 Å². The van der Waals surface area contributed by atoms with Crippen LogP contribution >= 0.6 is 0 Å². The third-order valence-corrected chi connectivity index (χ3v) is 2.74. The second kappa shape index (κ2) is 4.27. The van der Waals surface area contributed by atoms with Gasteiger partial charge in [0.05, 0.1) is 35.6 Å². The van der Waals surface area contributed by atoms with E-state index in [0.717, 1.165) is 0 Å². The first-order valence-corrected chi connectivity index (χ1v) is 4.87. The summed E-state index contributed by atoms with van der Waals surface area (Å²) in [6, 6.07) is 1.67. The van der Waals surface area contributed by atoms with Crippen molar-refractivity contribution in [2.45, 2.75) is 20.3 Å². The first kappa shape index (κ1) is 12.1. The number of nitrogens with one attached hydrogen (secondary N) is 1. The van der Waals surface area contributed by atoms with Crippen LogP contribution in [-0.2, 0) is 9.59 Å². The number of nitriles is 1. The summed E-state index contributed by atoms with van der Waals surface area (Å²) >= 11 is 0. The van der Waals surface area contributed by atoms with Crippen LogP contribution < -0.4 is 0 Å². The van der Waals surface area contributed by atoms with Gasteiger partial charge in [0.2, 0.25) is 0 Å². The van der Waals surface area contributed by atoms with Gasteiger partial charge in [0, 0.05) is 0 Å². The molecule has 0 aromatic rings. The van der Waals surface area contributed by atoms with Crippen molar-refractivity contribution >= 4 is 17.3 Å². The van der Waals surface area contributed by atoms with Crippen LogP contribution in [0.1, 0.15) is 20.3 Å². The molecule has 0 bridgehead atoms. The Morgan fingerprint density at radius 1 is 1.50 bits per heavy atom. The smallest absolute Gasteiger partial charge is 0.182 e. The molecule has 0 aromatic heterocycles. The van der Waals surface area contributed by atoms with Crippen LogP contribution in [0, 0.1) is 28.6 Å². The lowest BCUT2D eigenvalue weighted by molar-refractivity contribution is -0.124. The van der Waals surface area contributed by atoms with Crippen LogP contribution in [0.15, 0.2) is 11.3 Å². The third-order valence-electron chi connectivity index (χ3n) is 2.74. The normalized spacial score (nSPS) is 25.6. The molecule has 2 atom stereocenters. The number of hydrogen-bond acceptors (Lipinski definition) is 5. The molecule has 5 heteroatoms. The molecule has 0 heterocycles. The number of Topliss-reactive ketones (excluding diaryl/α,β-unsaturated/α-hetero) is 2. The highest BCUT2D eigenvalue weighted by Gasteiger charge is 2.38. The van der Waals surface area contributed by atoms with Gasteiger partial charge in [-0.3, -0.25) is 9.59 Å². The van der Waals surface area contributed by atoms with E-state index >= 15 is 0 Å². The number of aliphatic hydroxyl groups excluding tert-OH is 1. The molecule has 0 fully saturated rings. The number of allylic oxidation sites excluding steroid dienone is 2. The number of aliphatic hydroxyl groups is 1. The zero-order valence-electron chi connectivity index (χ0n) is 9.07. The van der Waals surface area contributed by atoms with Crippen molar-refractivity contribution in [3.63, 3.8) is 0 Å². The maximum absolute atomic E-state index is 11.6. The fraction of sp³-hybridized carbons (Fsp3) is 0.455. The van der Waals surface area contributed by atoms with E-state index < -0.39 is 24.0 Å². The Morgan fingerprint density at radius 3 is 2.56 bits per heavy atom. The molecule has 0 aromatic carbocycles. The summed E-state index contributed by atoms with van der Waals surface area (Å²) in [5.41, 5.74) is -0.359. The fourth-order valence-electron chi connectivity index (χ4n) is 1.68. The second-order valence-corrected chi connectivity index (χ2v) is 3.78. The SMILES string of the molecule is C[C@H]1C(=N)C(C(=O)CC#N)=C(O)[C@@H](C)C1=O. The number of rotatable bonds is 2. The van der Waals surface area contributed by atoms with Gasteiger partial charge in [0.1, 0.15) is 5.76 Å². The molecule has 0 saturated carbocycles. The van der Waals surface area contributed by atoms with E-state index in [4.69, 9.17) is 10.7 Å². The van der Waals surface area contributed by atoms with E-state index in [-0.39, 0.29) is 22.8 Å². The molecule has 2 N–H and O–H groups in total. The van der Waals surface area contributed by atoms with Gasteiger partial charge in [-0.05, 0) is 13.8 Å². The quantitative estimate of drug-likeness (QED) is 0.728. The molecule has 0 amide bonds. The zero-order chi connectivity index (χ0) is 12.5. The Labute approximate surface area is 92.9 Å². The average Bonchev–Trinajstić information content (AvgIpc) is 2.24. The summed E-state index contributed by atoms with van der Waals surface area (Å²) < 4.78 is 0. The van der Waals surface area contributed by atoms with Crippen LogP contribution in [-0.4, -0.2) is 22.4 Å². The molecule has 0 saturated heterocycles. The molecule has 16 heavy (non-hydrogen) atoms. The molecule has 1 aliphatic rings. The largest absolute Gasteiger partial charge is 0.511 e. The summed E-state index contributed by atoms with van der Waals surface area (Å²) in [4.78, 5) is 23.1. The molecule has 0 spiro atoms. The van der Waals surface area contributed by atoms with E-state index in [1.54, 1.807) is 6.07 Å². The molecule has 5 nitrogen and oxygen atoms in total. The minimum absolute atomic E-state index is 0.166. The molecular formula is C11H12N2O3. The van der Waals surface area contributed by atoms with Crippen LogP contribution in [0.4, 0.5) is 0 Å². The topological polar surface area (TPSA) is 102 Å². The highest BCUT2D eigenvalue weighted by atomic mass is 16.3. The van der Waals surface area contributed by atoms with E-state index in [1.165, 1.54) is 13.8 Å².